The van der Waals surface area contributed by atoms with Crippen molar-refractivity contribution >= 4 is 11.9 Å². The van der Waals surface area contributed by atoms with Crippen molar-refractivity contribution in [2.24, 2.45) is 10.9 Å². The van der Waals surface area contributed by atoms with E-state index < -0.39 is 11.7 Å². The van der Waals surface area contributed by atoms with Gasteiger partial charge < -0.3 is 16.0 Å². The normalized spacial score (nSPS) is 16.0. The maximum absolute atomic E-state index is 12.8. The first kappa shape index (κ1) is 21.1. The van der Waals surface area contributed by atoms with Crippen LogP contribution in [0.4, 0.5) is 13.2 Å². The first-order chi connectivity index (χ1) is 12.8. The number of nitrogens with one attached hydrogen (secondary N) is 3. The van der Waals surface area contributed by atoms with Gasteiger partial charge in [0.15, 0.2) is 5.96 Å². The van der Waals surface area contributed by atoms with Gasteiger partial charge in [-0.1, -0.05) is 25.1 Å². The predicted molar refractivity (Wildman–Crippen MR) is 99.6 cm³/mol. The Bertz CT molecular complexity index is 657. The molecule has 1 aliphatic carbocycles. The molecule has 1 unspecified atom stereocenters. The van der Waals surface area contributed by atoms with E-state index in [1.165, 1.54) is 12.1 Å². The predicted octanol–water partition coefficient (Wildman–Crippen LogP) is 2.89. The molecule has 1 aromatic rings. The molecule has 1 saturated carbocycles. The average Bonchev–Trinajstić information content (AvgIpc) is 3.48. The number of hydrogen-bond donors (Lipinski definition) is 3. The molecule has 1 aromatic carbocycles. The molecule has 0 radical (unpaired) electrons. The van der Waals surface area contributed by atoms with Crippen LogP contribution in [-0.4, -0.2) is 38.5 Å². The number of carbonyl (C=O) groups is 1. The average molecular weight is 384 g/mol. The molecule has 5 nitrogen and oxygen atoms in total. The van der Waals surface area contributed by atoms with Crippen LogP contribution in [0, 0.1) is 5.92 Å². The highest BCUT2D eigenvalue weighted by molar-refractivity contribution is 5.81. The number of hydrogen-bond acceptors (Lipinski definition) is 2. The molecule has 0 aliphatic heterocycles. The molecule has 27 heavy (non-hydrogen) atoms. The lowest BCUT2D eigenvalue weighted by Crippen LogP contribution is -2.42. The van der Waals surface area contributed by atoms with Gasteiger partial charge in [0.05, 0.1) is 5.56 Å². The van der Waals surface area contributed by atoms with Crippen molar-refractivity contribution in [3.05, 3.63) is 35.4 Å². The smallest absolute Gasteiger partial charge is 0.356 e. The molecule has 0 spiro atoms. The summed E-state index contributed by atoms with van der Waals surface area (Å²) in [6.07, 6.45) is -1.70. The minimum atomic E-state index is -4.32. The molecule has 1 atom stereocenters. The van der Waals surface area contributed by atoms with E-state index in [1.807, 2.05) is 6.92 Å². The van der Waals surface area contributed by atoms with Gasteiger partial charge in [0.1, 0.15) is 0 Å². The van der Waals surface area contributed by atoms with E-state index in [0.717, 1.165) is 18.9 Å². The maximum atomic E-state index is 12.8. The Morgan fingerprint density at radius 1 is 1.19 bits per heavy atom. The van der Waals surface area contributed by atoms with Gasteiger partial charge in [-0.05, 0) is 36.8 Å². The van der Waals surface area contributed by atoms with Gasteiger partial charge >= 0.3 is 6.18 Å². The molecule has 8 heteroatoms. The molecule has 0 heterocycles. The third kappa shape index (κ3) is 7.11. The number of rotatable bonds is 8. The fourth-order valence-electron chi connectivity index (χ4n) is 2.67. The Hall–Kier alpha value is -2.25. The lowest BCUT2D eigenvalue weighted by molar-refractivity contribution is -0.137. The van der Waals surface area contributed by atoms with E-state index in [9.17, 15) is 18.0 Å². The Balaban J connectivity index is 1.69. The third-order valence-corrected chi connectivity index (χ3v) is 4.54. The summed E-state index contributed by atoms with van der Waals surface area (Å²) < 4.78 is 38.5. The van der Waals surface area contributed by atoms with E-state index in [-0.39, 0.29) is 17.7 Å². The van der Waals surface area contributed by atoms with Crippen LogP contribution in [0.25, 0.3) is 0 Å². The lowest BCUT2D eigenvalue weighted by atomic mass is 9.96. The SMILES string of the molecule is CN=C(NCCNC(=O)C1CC1)NCCC(C)c1cccc(C(F)(F)F)c1. The van der Waals surface area contributed by atoms with Gasteiger partial charge in [-0.15, -0.1) is 0 Å². The van der Waals surface area contributed by atoms with Crippen molar-refractivity contribution in [3.8, 4) is 0 Å². The van der Waals surface area contributed by atoms with Crippen LogP contribution < -0.4 is 16.0 Å². The minimum absolute atomic E-state index is 0.0178. The summed E-state index contributed by atoms with van der Waals surface area (Å²) in [6.45, 7) is 3.56. The van der Waals surface area contributed by atoms with E-state index in [2.05, 4.69) is 20.9 Å². The second-order valence-electron chi connectivity index (χ2n) is 6.80. The Morgan fingerprint density at radius 2 is 1.85 bits per heavy atom. The summed E-state index contributed by atoms with van der Waals surface area (Å²) >= 11 is 0. The van der Waals surface area contributed by atoms with E-state index >= 15 is 0 Å². The monoisotopic (exact) mass is 384 g/mol. The van der Waals surface area contributed by atoms with Crippen LogP contribution in [0.15, 0.2) is 29.3 Å². The number of carbonyl (C=O) groups excluding carboxylic acids is 1. The van der Waals surface area contributed by atoms with Crippen molar-refractivity contribution in [1.29, 1.82) is 0 Å². The quantitative estimate of drug-likeness (QED) is 0.367. The second-order valence-corrected chi connectivity index (χ2v) is 6.80. The largest absolute Gasteiger partial charge is 0.416 e. The van der Waals surface area contributed by atoms with Crippen LogP contribution in [-0.2, 0) is 11.0 Å². The van der Waals surface area contributed by atoms with Crippen molar-refractivity contribution in [2.75, 3.05) is 26.7 Å². The van der Waals surface area contributed by atoms with Crippen LogP contribution in [0.3, 0.4) is 0 Å². The van der Waals surface area contributed by atoms with Crippen molar-refractivity contribution in [2.45, 2.75) is 38.3 Å². The summed E-state index contributed by atoms with van der Waals surface area (Å²) in [5, 5.41) is 9.11. The number of alkyl halides is 3. The Kier molecular flexibility index (Phi) is 7.50. The molecular weight excluding hydrogens is 357 g/mol. The van der Waals surface area contributed by atoms with Crippen molar-refractivity contribution in [3.63, 3.8) is 0 Å². The molecule has 0 aromatic heterocycles. The highest BCUT2D eigenvalue weighted by Crippen LogP contribution is 2.31. The topological polar surface area (TPSA) is 65.5 Å². The fourth-order valence-corrected chi connectivity index (χ4v) is 2.67. The maximum Gasteiger partial charge on any atom is 0.416 e. The molecule has 2 rings (SSSR count). The minimum Gasteiger partial charge on any atom is -0.356 e. The van der Waals surface area contributed by atoms with Gasteiger partial charge in [-0.3, -0.25) is 9.79 Å². The zero-order valence-electron chi connectivity index (χ0n) is 15.7. The highest BCUT2D eigenvalue weighted by atomic mass is 19.4. The van der Waals surface area contributed by atoms with Gasteiger partial charge in [0.25, 0.3) is 0 Å². The molecule has 1 fully saturated rings. The number of benzene rings is 1. The van der Waals surface area contributed by atoms with Crippen LogP contribution in [0.5, 0.6) is 0 Å². The standard InChI is InChI=1S/C19H27F3N4O/c1-13(15-4-3-5-16(12-15)19(20,21)22)8-9-25-18(23-2)26-11-10-24-17(27)14-6-7-14/h3-5,12-14H,6-11H2,1-2H3,(H,24,27)(H2,23,25,26). The zero-order valence-corrected chi connectivity index (χ0v) is 15.7. The number of amides is 1. The van der Waals surface area contributed by atoms with Crippen molar-refractivity contribution < 1.29 is 18.0 Å². The van der Waals surface area contributed by atoms with Crippen molar-refractivity contribution in [1.82, 2.24) is 16.0 Å². The third-order valence-electron chi connectivity index (χ3n) is 4.54. The molecule has 3 N–H and O–H groups in total. The molecule has 1 amide bonds. The molecule has 150 valence electrons. The second kappa shape index (κ2) is 9.62. The number of guanidine groups is 1. The molecule has 1 aliphatic rings. The Labute approximate surface area is 157 Å². The Morgan fingerprint density at radius 3 is 2.48 bits per heavy atom. The first-order valence-electron chi connectivity index (χ1n) is 9.20. The molecule has 0 bridgehead atoms. The fraction of sp³-hybridized carbons (Fsp3) is 0.579. The van der Waals surface area contributed by atoms with E-state index in [0.29, 0.717) is 37.6 Å². The van der Waals surface area contributed by atoms with E-state index in [4.69, 9.17) is 0 Å². The number of aliphatic imine (C=N–C) groups is 1. The first-order valence-corrected chi connectivity index (χ1v) is 9.20. The lowest BCUT2D eigenvalue weighted by Gasteiger charge is -2.16. The van der Waals surface area contributed by atoms with Crippen LogP contribution in [0.2, 0.25) is 0 Å². The van der Waals surface area contributed by atoms with Crippen LogP contribution in [0.1, 0.15) is 43.2 Å². The van der Waals surface area contributed by atoms with Gasteiger partial charge in [-0.25, -0.2) is 0 Å². The van der Waals surface area contributed by atoms with Gasteiger partial charge in [-0.2, -0.15) is 13.2 Å². The molecular formula is C19H27F3N4O. The van der Waals surface area contributed by atoms with Gasteiger partial charge in [0, 0.05) is 32.6 Å². The summed E-state index contributed by atoms with van der Waals surface area (Å²) in [6, 6.07) is 5.45. The summed E-state index contributed by atoms with van der Waals surface area (Å²) in [7, 11) is 1.65. The number of nitrogens with zero attached hydrogens (tertiary/aromatic N) is 1. The van der Waals surface area contributed by atoms with E-state index in [1.54, 1.807) is 13.1 Å². The summed E-state index contributed by atoms with van der Waals surface area (Å²) in [4.78, 5) is 15.6. The molecule has 0 saturated heterocycles. The number of halogens is 3. The zero-order chi connectivity index (χ0) is 19.9. The van der Waals surface area contributed by atoms with Crippen LogP contribution >= 0.6 is 0 Å². The van der Waals surface area contributed by atoms with Gasteiger partial charge in [0.2, 0.25) is 5.91 Å². The summed E-state index contributed by atoms with van der Waals surface area (Å²) in [5.74, 6) is 0.886. The summed E-state index contributed by atoms with van der Waals surface area (Å²) in [5.41, 5.74) is 0.0443. The highest BCUT2D eigenvalue weighted by Gasteiger charge is 2.30.